The standard InChI is InChI=1S/C17H33O7P.C16H31O7PS/c1-10-12(3)23-15(16(10)20-6)9-21-25(7,18)24-17-11(2)13(4)22-14(17)8-19-5;1-9-11(3)22-14(15(9)19-6)8-20-24(17,25)23-16-10(2)12(4)21-13(16)7-18-5/h10-17H,8-9H2,1-7H3;9-16H,7-8H2,1-6H3,(H,17,25)/p-1. The number of hydrogen-bond acceptors (Lipinski definition) is 15. The van der Waals surface area contributed by atoms with Crippen molar-refractivity contribution in [3.05, 3.63) is 0 Å². The molecule has 4 aliphatic rings. The summed E-state index contributed by atoms with van der Waals surface area (Å²) < 4.78 is 80.2. The molecule has 18 unspecified atom stereocenters. The van der Waals surface area contributed by atoms with Gasteiger partial charge in [0.2, 0.25) is 0 Å². The topological polar surface area (TPSA) is 151 Å². The zero-order valence-corrected chi connectivity index (χ0v) is 34.7. The predicted molar refractivity (Wildman–Crippen MR) is 189 cm³/mol. The van der Waals surface area contributed by atoms with Crippen LogP contribution in [0.3, 0.4) is 0 Å². The Labute approximate surface area is 304 Å². The largest absolute Gasteiger partial charge is 0.780 e. The van der Waals surface area contributed by atoms with Crippen molar-refractivity contribution in [1.82, 2.24) is 0 Å². The number of rotatable bonds is 16. The summed E-state index contributed by atoms with van der Waals surface area (Å²) in [6.45, 7) is 14.9. The van der Waals surface area contributed by atoms with Crippen molar-refractivity contribution in [2.75, 3.05) is 61.5 Å². The fourth-order valence-corrected chi connectivity index (χ4v) is 9.81. The van der Waals surface area contributed by atoms with Crippen molar-refractivity contribution in [3.8, 4) is 0 Å². The second-order valence-electron chi connectivity index (χ2n) is 14.2. The van der Waals surface area contributed by atoms with Crippen LogP contribution in [-0.4, -0.2) is 135 Å². The molecule has 4 fully saturated rings. The van der Waals surface area contributed by atoms with Crippen LogP contribution < -0.4 is 4.89 Å². The van der Waals surface area contributed by atoms with Gasteiger partial charge in [0, 0.05) is 58.8 Å². The van der Waals surface area contributed by atoms with Crippen LogP contribution in [0.2, 0.25) is 0 Å². The van der Waals surface area contributed by atoms with Gasteiger partial charge in [-0.25, -0.2) is 0 Å². The summed E-state index contributed by atoms with van der Waals surface area (Å²) in [4.78, 5) is 12.7. The summed E-state index contributed by atoms with van der Waals surface area (Å²) in [7, 11) is 3.22. The molecule has 50 heavy (non-hydrogen) atoms. The van der Waals surface area contributed by atoms with Gasteiger partial charge in [-0.2, -0.15) is 0 Å². The Morgan fingerprint density at radius 3 is 1.22 bits per heavy atom. The molecule has 0 amide bonds. The maximum absolute atomic E-state index is 12.8. The highest BCUT2D eigenvalue weighted by molar-refractivity contribution is 8.06. The number of methoxy groups -OCH3 is 4. The normalized spacial score (nSPS) is 44.1. The Hall–Kier alpha value is 0.360. The summed E-state index contributed by atoms with van der Waals surface area (Å²) in [5.41, 5.74) is 0. The van der Waals surface area contributed by atoms with Crippen LogP contribution in [0.15, 0.2) is 0 Å². The molecule has 14 nitrogen and oxygen atoms in total. The van der Waals surface area contributed by atoms with Gasteiger partial charge in [0.1, 0.15) is 37.2 Å². The Morgan fingerprint density at radius 1 is 0.540 bits per heavy atom. The highest BCUT2D eigenvalue weighted by atomic mass is 32.5. The van der Waals surface area contributed by atoms with Crippen LogP contribution in [0.4, 0.5) is 0 Å². The quantitative estimate of drug-likeness (QED) is 0.206. The van der Waals surface area contributed by atoms with Crippen molar-refractivity contribution in [2.24, 2.45) is 23.7 Å². The van der Waals surface area contributed by atoms with Crippen LogP contribution in [0.5, 0.6) is 0 Å². The van der Waals surface area contributed by atoms with E-state index in [2.05, 4.69) is 13.8 Å². The molecular weight excluding hydrogens is 714 g/mol. The average Bonchev–Trinajstić information content (AvgIpc) is 3.68. The van der Waals surface area contributed by atoms with Crippen LogP contribution in [0, 0.1) is 23.7 Å². The molecule has 4 rings (SSSR count). The summed E-state index contributed by atoms with van der Waals surface area (Å²) in [5.74, 6) is 0.617. The predicted octanol–water partition coefficient (Wildman–Crippen LogP) is 4.20. The third kappa shape index (κ3) is 11.7. The average molecular weight is 778 g/mol. The maximum Gasteiger partial charge on any atom is 0.328 e. The summed E-state index contributed by atoms with van der Waals surface area (Å²) in [5, 5.41) is 0. The number of ether oxygens (including phenoxy) is 8. The third-order valence-corrected chi connectivity index (χ3v) is 13.5. The Balaban J connectivity index is 0.000000270. The molecule has 0 aromatic rings. The maximum atomic E-state index is 12.8. The molecule has 0 saturated carbocycles. The molecule has 0 aromatic heterocycles. The first-order valence-corrected chi connectivity index (χ1v) is 22.1. The van der Waals surface area contributed by atoms with Gasteiger partial charge in [-0.05, 0) is 27.7 Å². The van der Waals surface area contributed by atoms with Gasteiger partial charge in [-0.1, -0.05) is 39.5 Å². The highest BCUT2D eigenvalue weighted by Crippen LogP contribution is 2.50. The molecule has 17 heteroatoms. The summed E-state index contributed by atoms with van der Waals surface area (Å²) in [6, 6.07) is 0. The molecular formula is C33H63O14P2S-. The molecule has 4 heterocycles. The molecule has 0 radical (unpaired) electrons. The molecule has 0 spiro atoms. The van der Waals surface area contributed by atoms with E-state index in [1.165, 1.54) is 6.66 Å². The van der Waals surface area contributed by atoms with E-state index in [1.54, 1.807) is 28.4 Å². The van der Waals surface area contributed by atoms with Crippen molar-refractivity contribution in [2.45, 2.75) is 129 Å². The van der Waals surface area contributed by atoms with Gasteiger partial charge >= 0.3 is 7.60 Å². The van der Waals surface area contributed by atoms with Crippen LogP contribution >= 0.6 is 14.3 Å². The van der Waals surface area contributed by atoms with Gasteiger partial charge in [-0.15, -0.1) is 0 Å². The highest BCUT2D eigenvalue weighted by Gasteiger charge is 2.46. The Bertz CT molecular complexity index is 1040. The lowest BCUT2D eigenvalue weighted by Gasteiger charge is -2.34. The molecule has 0 N–H and O–H groups in total. The van der Waals surface area contributed by atoms with Crippen LogP contribution in [0.1, 0.15) is 55.4 Å². The van der Waals surface area contributed by atoms with Crippen LogP contribution in [-0.2, 0) is 72.4 Å². The first-order chi connectivity index (χ1) is 23.4. The minimum absolute atomic E-state index is 0.0166. The first kappa shape index (κ1) is 44.8. The van der Waals surface area contributed by atoms with E-state index in [9.17, 15) is 9.46 Å². The monoisotopic (exact) mass is 777 g/mol. The van der Waals surface area contributed by atoms with E-state index in [0.29, 0.717) is 13.2 Å². The zero-order chi connectivity index (χ0) is 37.6. The molecule has 0 bridgehead atoms. The lowest BCUT2D eigenvalue weighted by molar-refractivity contribution is -0.216. The second-order valence-corrected chi connectivity index (χ2v) is 18.9. The van der Waals surface area contributed by atoms with E-state index in [4.69, 9.17) is 67.8 Å². The van der Waals surface area contributed by atoms with Gasteiger partial charge < -0.3 is 60.9 Å². The fraction of sp³-hybridized carbons (Fsp3) is 1.00. The smallest absolute Gasteiger partial charge is 0.328 e. The fourth-order valence-electron chi connectivity index (χ4n) is 7.06. The van der Waals surface area contributed by atoms with Crippen molar-refractivity contribution in [3.63, 3.8) is 0 Å². The van der Waals surface area contributed by atoms with Crippen molar-refractivity contribution >= 4 is 26.1 Å². The SMILES string of the molecule is COCC1OC(C)C(C)C1OP(C)(=O)OCC1OC(C)C(C)C1OC.COCC1OC(C)C(C)C1OP([O-])(=S)OCC1OC(C)C(C)C1OC. The van der Waals surface area contributed by atoms with E-state index >= 15 is 0 Å². The molecule has 18 atom stereocenters. The lowest BCUT2D eigenvalue weighted by atomic mass is 9.99. The number of hydrogen-bond donors (Lipinski definition) is 0. The van der Waals surface area contributed by atoms with Crippen molar-refractivity contribution in [1.29, 1.82) is 0 Å². The summed E-state index contributed by atoms with van der Waals surface area (Å²) >= 11 is 5.10. The molecule has 4 saturated heterocycles. The van der Waals surface area contributed by atoms with Gasteiger partial charge in [0.15, 0.2) is 0 Å². The molecule has 0 aliphatic carbocycles. The van der Waals surface area contributed by atoms with Crippen molar-refractivity contribution < 1.29 is 65.4 Å². The van der Waals surface area contributed by atoms with E-state index in [-0.39, 0.29) is 104 Å². The second kappa shape index (κ2) is 19.8. The molecule has 4 aliphatic heterocycles. The van der Waals surface area contributed by atoms with E-state index < -0.39 is 20.4 Å². The lowest BCUT2D eigenvalue weighted by Crippen LogP contribution is -2.35. The minimum atomic E-state index is -3.68. The summed E-state index contributed by atoms with van der Waals surface area (Å²) in [6.07, 6.45) is -1.99. The minimum Gasteiger partial charge on any atom is -0.780 e. The first-order valence-electron chi connectivity index (χ1n) is 17.6. The molecule has 296 valence electrons. The Morgan fingerprint density at radius 2 is 0.860 bits per heavy atom. The molecule has 0 aromatic carbocycles. The third-order valence-electron chi connectivity index (χ3n) is 10.7. The zero-order valence-electron chi connectivity index (χ0n) is 32.1. The van der Waals surface area contributed by atoms with E-state index in [1.807, 2.05) is 41.5 Å². The van der Waals surface area contributed by atoms with E-state index in [0.717, 1.165) is 0 Å². The van der Waals surface area contributed by atoms with Gasteiger partial charge in [-0.3, -0.25) is 4.57 Å². The Kier molecular flexibility index (Phi) is 17.7. The van der Waals surface area contributed by atoms with Crippen LogP contribution in [0.25, 0.3) is 0 Å². The van der Waals surface area contributed by atoms with Gasteiger partial charge in [0.05, 0.1) is 69.2 Å². The van der Waals surface area contributed by atoms with Gasteiger partial charge in [0.25, 0.3) is 0 Å².